The molecule has 0 bridgehead atoms. The van der Waals surface area contributed by atoms with Crippen molar-refractivity contribution in [3.05, 3.63) is 35.9 Å². The minimum atomic E-state index is -0.884. The fourth-order valence-electron chi connectivity index (χ4n) is 4.26. The molecule has 3 amide bonds. The summed E-state index contributed by atoms with van der Waals surface area (Å²) < 4.78 is 11.2. The Labute approximate surface area is 183 Å². The zero-order chi connectivity index (χ0) is 22.4. The van der Waals surface area contributed by atoms with Gasteiger partial charge < -0.3 is 19.7 Å². The van der Waals surface area contributed by atoms with Crippen molar-refractivity contribution in [3.8, 4) is 0 Å². The highest BCUT2D eigenvalue weighted by molar-refractivity contribution is 5.98. The summed E-state index contributed by atoms with van der Waals surface area (Å²) in [5, 5.41) is 2.83. The van der Waals surface area contributed by atoms with Crippen LogP contribution in [0.5, 0.6) is 0 Å². The number of amides is 3. The lowest BCUT2D eigenvalue weighted by Gasteiger charge is -2.44. The van der Waals surface area contributed by atoms with Crippen LogP contribution in [-0.4, -0.2) is 79.2 Å². The first-order chi connectivity index (χ1) is 14.9. The molecule has 0 aromatic heterocycles. The van der Waals surface area contributed by atoms with Crippen LogP contribution in [0.1, 0.15) is 43.5 Å². The molecule has 0 aliphatic carbocycles. The van der Waals surface area contributed by atoms with Crippen molar-refractivity contribution in [2.45, 2.75) is 44.9 Å². The maximum Gasteiger partial charge on any atom is 0.256 e. The molecule has 0 radical (unpaired) electrons. The lowest BCUT2D eigenvalue weighted by atomic mass is 9.96. The van der Waals surface area contributed by atoms with E-state index >= 15 is 0 Å². The first-order valence-corrected chi connectivity index (χ1v) is 10.9. The third-order valence-corrected chi connectivity index (χ3v) is 5.89. The summed E-state index contributed by atoms with van der Waals surface area (Å²) in [7, 11) is 1.57. The van der Waals surface area contributed by atoms with Gasteiger partial charge in [-0.25, -0.2) is 0 Å². The number of rotatable bonds is 7. The number of nitrogens with zero attached hydrogens (tertiary/aromatic N) is 2. The number of hydrogen-bond acceptors (Lipinski definition) is 5. The first kappa shape index (κ1) is 23.2. The summed E-state index contributed by atoms with van der Waals surface area (Å²) in [6.07, 6.45) is 1.47. The molecule has 2 aliphatic rings. The summed E-state index contributed by atoms with van der Waals surface area (Å²) in [6, 6.07) is 8.23. The van der Waals surface area contributed by atoms with Gasteiger partial charge in [0.05, 0.1) is 13.2 Å². The lowest BCUT2D eigenvalue weighted by Crippen LogP contribution is -2.60. The van der Waals surface area contributed by atoms with Gasteiger partial charge in [0.25, 0.3) is 5.91 Å². The van der Waals surface area contributed by atoms with E-state index in [-0.39, 0.29) is 24.3 Å². The Morgan fingerprint density at radius 1 is 1.19 bits per heavy atom. The van der Waals surface area contributed by atoms with Crippen LogP contribution in [0.15, 0.2) is 30.3 Å². The average molecular weight is 432 g/mol. The van der Waals surface area contributed by atoms with Gasteiger partial charge in [-0.05, 0) is 18.1 Å². The van der Waals surface area contributed by atoms with Crippen molar-refractivity contribution in [2.75, 3.05) is 40.0 Å². The van der Waals surface area contributed by atoms with Crippen LogP contribution < -0.4 is 5.32 Å². The first-order valence-electron chi connectivity index (χ1n) is 10.9. The number of benzene rings is 1. The van der Waals surface area contributed by atoms with Gasteiger partial charge in [-0.15, -0.1) is 0 Å². The van der Waals surface area contributed by atoms with E-state index in [0.717, 1.165) is 0 Å². The van der Waals surface area contributed by atoms with Gasteiger partial charge in [0, 0.05) is 51.6 Å². The molecule has 1 aromatic carbocycles. The van der Waals surface area contributed by atoms with E-state index in [1.54, 1.807) is 36.3 Å². The van der Waals surface area contributed by atoms with Crippen LogP contribution in [0, 0.1) is 5.92 Å². The van der Waals surface area contributed by atoms with Crippen molar-refractivity contribution in [1.29, 1.82) is 0 Å². The molecule has 2 heterocycles. The van der Waals surface area contributed by atoms with Crippen LogP contribution in [-0.2, 0) is 19.1 Å². The summed E-state index contributed by atoms with van der Waals surface area (Å²) in [5.74, 6) is -0.0661. The van der Waals surface area contributed by atoms with Gasteiger partial charge >= 0.3 is 0 Å². The second-order valence-electron chi connectivity index (χ2n) is 8.58. The van der Waals surface area contributed by atoms with E-state index in [1.165, 1.54) is 0 Å². The molecule has 170 valence electrons. The quantitative estimate of drug-likeness (QED) is 0.664. The summed E-state index contributed by atoms with van der Waals surface area (Å²) in [5.41, 5.74) is -0.370. The van der Waals surface area contributed by atoms with Crippen LogP contribution in [0.4, 0.5) is 0 Å². The van der Waals surface area contributed by atoms with Gasteiger partial charge in [0.1, 0.15) is 11.8 Å². The molecule has 3 rings (SSSR count). The highest BCUT2D eigenvalue weighted by Crippen LogP contribution is 2.38. The highest BCUT2D eigenvalue weighted by Gasteiger charge is 2.54. The standard InChI is InChI=1S/C23H33N3O5/c1-17(2)15-20(27)25-12-9-23(10-13-25)26(22(29)18-7-5-4-6-8-18)19(16-31-23)21(28)24-11-14-30-3/h4-8,17,19H,9-16H2,1-3H3,(H,24,28)/t19-/m0/s1. The molecule has 31 heavy (non-hydrogen) atoms. The smallest absolute Gasteiger partial charge is 0.256 e. The van der Waals surface area contributed by atoms with Gasteiger partial charge in [-0.1, -0.05) is 32.0 Å². The number of ether oxygens (including phenoxy) is 2. The molecule has 0 saturated carbocycles. The largest absolute Gasteiger partial charge is 0.383 e. The van der Waals surface area contributed by atoms with Gasteiger partial charge in [-0.3, -0.25) is 19.3 Å². The van der Waals surface area contributed by atoms with Crippen LogP contribution >= 0.6 is 0 Å². The van der Waals surface area contributed by atoms with Crippen molar-refractivity contribution >= 4 is 17.7 Å². The van der Waals surface area contributed by atoms with E-state index in [1.807, 2.05) is 24.8 Å². The molecular formula is C23H33N3O5. The minimum absolute atomic E-state index is 0.123. The van der Waals surface area contributed by atoms with E-state index in [0.29, 0.717) is 57.0 Å². The molecule has 1 aromatic rings. The third-order valence-electron chi connectivity index (χ3n) is 5.89. The molecule has 2 saturated heterocycles. The number of carbonyl (C=O) groups excluding carboxylic acids is 3. The second kappa shape index (κ2) is 10.2. The highest BCUT2D eigenvalue weighted by atomic mass is 16.5. The van der Waals surface area contributed by atoms with Gasteiger partial charge in [-0.2, -0.15) is 0 Å². The summed E-state index contributed by atoms with van der Waals surface area (Å²) in [4.78, 5) is 42.3. The van der Waals surface area contributed by atoms with Gasteiger partial charge in [0.2, 0.25) is 11.8 Å². The average Bonchev–Trinajstić information content (AvgIpc) is 3.12. The van der Waals surface area contributed by atoms with E-state index < -0.39 is 11.8 Å². The monoisotopic (exact) mass is 431 g/mol. The van der Waals surface area contributed by atoms with Crippen LogP contribution in [0.2, 0.25) is 0 Å². The summed E-state index contributed by atoms with van der Waals surface area (Å²) >= 11 is 0. The van der Waals surface area contributed by atoms with E-state index in [2.05, 4.69) is 5.32 Å². The predicted octanol–water partition coefficient (Wildman–Crippen LogP) is 1.66. The Morgan fingerprint density at radius 3 is 2.48 bits per heavy atom. The minimum Gasteiger partial charge on any atom is -0.383 e. The molecule has 2 aliphatic heterocycles. The Bertz CT molecular complexity index is 775. The third kappa shape index (κ3) is 5.25. The number of piperidine rings is 1. The van der Waals surface area contributed by atoms with Crippen molar-refractivity contribution < 1.29 is 23.9 Å². The van der Waals surface area contributed by atoms with Crippen LogP contribution in [0.25, 0.3) is 0 Å². The Kier molecular flexibility index (Phi) is 7.67. The normalized spacial score (nSPS) is 20.3. The van der Waals surface area contributed by atoms with Crippen LogP contribution in [0.3, 0.4) is 0 Å². The maximum atomic E-state index is 13.5. The van der Waals surface area contributed by atoms with E-state index in [4.69, 9.17) is 9.47 Å². The Hall–Kier alpha value is -2.45. The molecule has 2 fully saturated rings. The second-order valence-corrected chi connectivity index (χ2v) is 8.58. The number of carbonyl (C=O) groups is 3. The molecule has 8 heteroatoms. The number of likely N-dealkylation sites (tertiary alicyclic amines) is 1. The lowest BCUT2D eigenvalue weighted by molar-refractivity contribution is -0.144. The number of methoxy groups -OCH3 is 1. The number of hydrogen-bond donors (Lipinski definition) is 1. The van der Waals surface area contributed by atoms with E-state index in [9.17, 15) is 14.4 Å². The molecule has 8 nitrogen and oxygen atoms in total. The molecular weight excluding hydrogens is 398 g/mol. The van der Waals surface area contributed by atoms with Crippen molar-refractivity contribution in [3.63, 3.8) is 0 Å². The van der Waals surface area contributed by atoms with Crippen molar-refractivity contribution in [1.82, 2.24) is 15.1 Å². The fraction of sp³-hybridized carbons (Fsp3) is 0.609. The topological polar surface area (TPSA) is 88.2 Å². The molecule has 1 spiro atoms. The predicted molar refractivity (Wildman–Crippen MR) is 115 cm³/mol. The Balaban J connectivity index is 1.79. The zero-order valence-electron chi connectivity index (χ0n) is 18.6. The molecule has 0 unspecified atom stereocenters. The van der Waals surface area contributed by atoms with Gasteiger partial charge in [0.15, 0.2) is 0 Å². The maximum absolute atomic E-state index is 13.5. The Morgan fingerprint density at radius 2 is 1.87 bits per heavy atom. The number of nitrogens with one attached hydrogen (secondary N) is 1. The summed E-state index contributed by atoms with van der Waals surface area (Å²) in [6.45, 7) is 5.95. The molecule has 1 N–H and O–H groups in total. The van der Waals surface area contributed by atoms with Crippen molar-refractivity contribution in [2.24, 2.45) is 5.92 Å². The zero-order valence-corrected chi connectivity index (χ0v) is 18.6. The fourth-order valence-corrected chi connectivity index (χ4v) is 4.26. The molecule has 1 atom stereocenters. The SMILES string of the molecule is COCCNC(=O)[C@@H]1COC2(CCN(C(=O)CC(C)C)CC2)N1C(=O)c1ccccc1.